The van der Waals surface area contributed by atoms with E-state index in [0.717, 1.165) is 60.6 Å². The highest BCUT2D eigenvalue weighted by molar-refractivity contribution is 6.24. The van der Waals surface area contributed by atoms with Crippen LogP contribution in [0.15, 0.2) is 162 Å². The van der Waals surface area contributed by atoms with Crippen molar-refractivity contribution in [3.05, 3.63) is 158 Å². The first-order chi connectivity index (χ1) is 29.2. The average Bonchev–Trinajstić information content (AvgIpc) is 4.15. The van der Waals surface area contributed by atoms with Gasteiger partial charge in [0.2, 0.25) is 0 Å². The lowest BCUT2D eigenvalue weighted by atomic mass is 10.0. The van der Waals surface area contributed by atoms with Crippen LogP contribution >= 0.6 is 0 Å². The monoisotopic (exact) mass is 758 g/mol. The Bertz CT molecular complexity index is 4040. The molecule has 0 aliphatic heterocycles. The third-order valence-electron chi connectivity index (χ3n) is 11.7. The van der Waals surface area contributed by atoms with Gasteiger partial charge in [0.05, 0.1) is 22.1 Å². The Hall–Kier alpha value is -8.44. The molecule has 11 nitrogen and oxygen atoms in total. The van der Waals surface area contributed by atoms with E-state index in [-0.39, 0.29) is 0 Å². The molecule has 0 aliphatic carbocycles. The van der Waals surface area contributed by atoms with Crippen LogP contribution in [0.1, 0.15) is 0 Å². The number of rotatable bonds is 4. The van der Waals surface area contributed by atoms with Gasteiger partial charge in [-0.2, -0.15) is 28.5 Å². The molecule has 7 heterocycles. The van der Waals surface area contributed by atoms with Crippen molar-refractivity contribution in [3.63, 3.8) is 0 Å². The van der Waals surface area contributed by atoms with Crippen molar-refractivity contribution in [2.24, 2.45) is 0 Å². The molecular weight excluding hydrogens is 733 g/mol. The van der Waals surface area contributed by atoms with Crippen molar-refractivity contribution >= 4 is 77.4 Å². The Morgan fingerprint density at radius 1 is 0.373 bits per heavy atom. The molecule has 0 unspecified atom stereocenters. The fourth-order valence-corrected chi connectivity index (χ4v) is 9.12. The molecule has 0 fully saturated rings. The maximum atomic E-state index is 6.44. The summed E-state index contributed by atoms with van der Waals surface area (Å²) in [4.78, 5) is 15.5. The summed E-state index contributed by atoms with van der Waals surface area (Å²) in [6.45, 7) is 0. The SMILES string of the molecule is c1ccc(-c2cccc(-c3nc4n(n3)c3nc(-c5cccc6c5oc5ccccc56)nn3c3nc(-c5cccc6c7cccc8c9ccccc9n(c56)c87)nn43)c2)cc1. The van der Waals surface area contributed by atoms with Gasteiger partial charge >= 0.3 is 0 Å². The van der Waals surface area contributed by atoms with Gasteiger partial charge in [0.1, 0.15) is 11.2 Å². The fourth-order valence-electron chi connectivity index (χ4n) is 9.12. The fraction of sp³-hybridized carbons (Fsp3) is 0. The van der Waals surface area contributed by atoms with Crippen LogP contribution < -0.4 is 0 Å². The number of hydrogen-bond donors (Lipinski definition) is 0. The third-order valence-corrected chi connectivity index (χ3v) is 11.7. The maximum Gasteiger partial charge on any atom is 0.260 e. The van der Waals surface area contributed by atoms with Crippen molar-refractivity contribution in [1.82, 2.24) is 48.2 Å². The van der Waals surface area contributed by atoms with E-state index in [1.165, 1.54) is 21.7 Å². The standard InChI is InChI=1S/C48H26N10O/c1-2-12-27(13-3-1)28-14-8-15-29(26-28)43-49-46-56(52-43)48-51-45(37-23-11-21-35-31-17-5-7-25-39(31)59-42(35)37)54-58(48)47-50-44(53-57(46)47)36-22-10-20-34-33-19-9-18-32-30-16-4-6-24-38(30)55(40(32)33)41(34)36/h1-26H. The van der Waals surface area contributed by atoms with E-state index in [9.17, 15) is 0 Å². The molecule has 59 heavy (non-hydrogen) atoms. The summed E-state index contributed by atoms with van der Waals surface area (Å²) in [5.74, 6) is 2.87. The molecule has 0 atom stereocenters. The van der Waals surface area contributed by atoms with Crippen LogP contribution in [0.3, 0.4) is 0 Å². The molecular formula is C48H26N10O. The molecule has 0 aliphatic rings. The molecule has 14 aromatic rings. The van der Waals surface area contributed by atoms with E-state index in [2.05, 4.69) is 101 Å². The summed E-state index contributed by atoms with van der Waals surface area (Å²) in [6, 6.07) is 54.1. The Balaban J connectivity index is 1.06. The second-order valence-corrected chi connectivity index (χ2v) is 14.9. The molecule has 11 heteroatoms. The van der Waals surface area contributed by atoms with Crippen molar-refractivity contribution in [2.75, 3.05) is 0 Å². The highest BCUT2D eigenvalue weighted by atomic mass is 16.3. The van der Waals surface area contributed by atoms with Crippen molar-refractivity contribution in [3.8, 4) is 45.3 Å². The topological polar surface area (TPSA) is 108 Å². The molecule has 274 valence electrons. The second-order valence-electron chi connectivity index (χ2n) is 14.9. The van der Waals surface area contributed by atoms with Crippen LogP contribution in [0.2, 0.25) is 0 Å². The predicted octanol–water partition coefficient (Wildman–Crippen LogP) is 10.5. The highest BCUT2D eigenvalue weighted by Gasteiger charge is 2.26. The molecule has 7 aromatic carbocycles. The quantitative estimate of drug-likeness (QED) is 0.176. The van der Waals surface area contributed by atoms with Gasteiger partial charge in [-0.15, -0.1) is 15.3 Å². The largest absolute Gasteiger partial charge is 0.455 e. The molecule has 0 N–H and O–H groups in total. The lowest BCUT2D eigenvalue weighted by Crippen LogP contribution is -2.06. The Kier molecular flexibility index (Phi) is 5.79. The molecule has 0 amide bonds. The van der Waals surface area contributed by atoms with E-state index in [0.29, 0.717) is 40.4 Å². The van der Waals surface area contributed by atoms with Gasteiger partial charge in [0.15, 0.2) is 17.5 Å². The van der Waals surface area contributed by atoms with Gasteiger partial charge in [-0.25, -0.2) is 0 Å². The molecule has 0 spiro atoms. The molecule has 0 radical (unpaired) electrons. The van der Waals surface area contributed by atoms with Gasteiger partial charge in [-0.1, -0.05) is 127 Å². The first-order valence-corrected chi connectivity index (χ1v) is 19.4. The highest BCUT2D eigenvalue weighted by Crippen LogP contribution is 2.42. The van der Waals surface area contributed by atoms with Crippen LogP contribution in [-0.4, -0.2) is 48.2 Å². The van der Waals surface area contributed by atoms with Gasteiger partial charge in [0, 0.05) is 43.4 Å². The minimum atomic E-state index is 0.441. The summed E-state index contributed by atoms with van der Waals surface area (Å²) < 4.78 is 13.9. The number of hydrogen-bond acceptors (Lipinski definition) is 7. The van der Waals surface area contributed by atoms with Crippen LogP contribution in [-0.2, 0) is 0 Å². The molecule has 14 rings (SSSR count). The van der Waals surface area contributed by atoms with Gasteiger partial charge in [-0.3, -0.25) is 0 Å². The number of nitrogens with zero attached hydrogens (tertiary/aromatic N) is 10. The van der Waals surface area contributed by atoms with Crippen molar-refractivity contribution < 1.29 is 4.42 Å². The minimum Gasteiger partial charge on any atom is -0.455 e. The normalized spacial score (nSPS) is 12.4. The summed E-state index contributed by atoms with van der Waals surface area (Å²) >= 11 is 0. The Morgan fingerprint density at radius 2 is 0.898 bits per heavy atom. The van der Waals surface area contributed by atoms with Crippen LogP contribution in [0, 0.1) is 0 Å². The van der Waals surface area contributed by atoms with E-state index in [4.69, 9.17) is 34.7 Å². The van der Waals surface area contributed by atoms with Crippen LogP contribution in [0.5, 0.6) is 0 Å². The van der Waals surface area contributed by atoms with Crippen LogP contribution in [0.25, 0.3) is 123 Å². The predicted molar refractivity (Wildman–Crippen MR) is 230 cm³/mol. The average molecular weight is 759 g/mol. The number of fused-ring (bicyclic) bond motifs is 15. The smallest absolute Gasteiger partial charge is 0.260 e. The lowest BCUT2D eigenvalue weighted by molar-refractivity contribution is 0.669. The summed E-state index contributed by atoms with van der Waals surface area (Å²) in [5.41, 5.74) is 9.54. The Morgan fingerprint density at radius 3 is 1.69 bits per heavy atom. The lowest BCUT2D eigenvalue weighted by Gasteiger charge is -2.02. The number of furan rings is 1. The third kappa shape index (κ3) is 4.09. The van der Waals surface area contributed by atoms with Gasteiger partial charge in [0.25, 0.3) is 17.3 Å². The second kappa shape index (κ2) is 11.1. The number of para-hydroxylation sites is 5. The van der Waals surface area contributed by atoms with E-state index < -0.39 is 0 Å². The van der Waals surface area contributed by atoms with E-state index in [1.54, 1.807) is 13.5 Å². The Labute approximate surface area is 332 Å². The molecule has 0 saturated heterocycles. The summed E-state index contributed by atoms with van der Waals surface area (Å²) in [6.07, 6.45) is 0. The van der Waals surface area contributed by atoms with E-state index >= 15 is 0 Å². The minimum absolute atomic E-state index is 0.441. The number of benzene rings is 7. The van der Waals surface area contributed by atoms with Crippen molar-refractivity contribution in [1.29, 1.82) is 0 Å². The van der Waals surface area contributed by atoms with E-state index in [1.807, 2.05) is 60.7 Å². The van der Waals surface area contributed by atoms with Gasteiger partial charge < -0.3 is 8.82 Å². The maximum absolute atomic E-state index is 6.44. The van der Waals surface area contributed by atoms with Crippen LogP contribution in [0.4, 0.5) is 0 Å². The summed E-state index contributed by atoms with van der Waals surface area (Å²) in [5, 5.41) is 22.2. The zero-order valence-corrected chi connectivity index (χ0v) is 30.9. The van der Waals surface area contributed by atoms with Gasteiger partial charge in [-0.05, 0) is 41.5 Å². The molecule has 0 bridgehead atoms. The van der Waals surface area contributed by atoms with Crippen molar-refractivity contribution in [2.45, 2.75) is 0 Å². The summed E-state index contributed by atoms with van der Waals surface area (Å²) in [7, 11) is 0. The molecule has 0 saturated carbocycles. The first-order valence-electron chi connectivity index (χ1n) is 19.4. The number of aromatic nitrogens is 10. The zero-order valence-electron chi connectivity index (χ0n) is 30.9. The first kappa shape index (κ1) is 30.7. The molecule has 7 aromatic heterocycles. The zero-order chi connectivity index (χ0) is 38.3.